The summed E-state index contributed by atoms with van der Waals surface area (Å²) in [6.07, 6.45) is 0.948. The highest BCUT2D eigenvalue weighted by Gasteiger charge is 2.49. The molecule has 1 amide bonds. The summed E-state index contributed by atoms with van der Waals surface area (Å²) < 4.78 is 23.8. The molecule has 0 bridgehead atoms. The fourth-order valence-corrected chi connectivity index (χ4v) is 6.85. The Morgan fingerprint density at radius 1 is 1.32 bits per heavy atom. The van der Waals surface area contributed by atoms with E-state index in [-0.39, 0.29) is 28.7 Å². The average Bonchev–Trinajstić information content (AvgIpc) is 2.89. The summed E-state index contributed by atoms with van der Waals surface area (Å²) >= 11 is 1.40. The molecule has 22 heavy (non-hydrogen) atoms. The molecule has 2 aliphatic rings. The Kier molecular flexibility index (Phi) is 4.03. The third-order valence-corrected chi connectivity index (χ3v) is 7.15. The molecule has 0 unspecified atom stereocenters. The van der Waals surface area contributed by atoms with Gasteiger partial charge in [0.1, 0.15) is 0 Å². The maximum Gasteiger partial charge on any atom is 0.244 e. The number of nitrogens with zero attached hydrogens (tertiary/aromatic N) is 2. The molecule has 2 aliphatic heterocycles. The van der Waals surface area contributed by atoms with Gasteiger partial charge in [0.05, 0.1) is 17.5 Å². The van der Waals surface area contributed by atoms with Gasteiger partial charge in [-0.3, -0.25) is 4.79 Å². The van der Waals surface area contributed by atoms with Crippen LogP contribution in [0, 0.1) is 0 Å². The molecular weight excluding hydrogens is 320 g/mol. The Balaban J connectivity index is 2.00. The quantitative estimate of drug-likeness (QED) is 0.823. The van der Waals surface area contributed by atoms with E-state index in [1.54, 1.807) is 0 Å². The van der Waals surface area contributed by atoms with Gasteiger partial charge in [-0.2, -0.15) is 4.99 Å². The van der Waals surface area contributed by atoms with Crippen molar-refractivity contribution >= 4 is 38.4 Å². The molecule has 118 valence electrons. The number of rotatable bonds is 2. The number of sulfone groups is 1. The maximum atomic E-state index is 11.9. The minimum atomic E-state index is -3.01. The number of hydrogen-bond donors (Lipinski definition) is 0. The molecule has 2 atom stereocenters. The number of aryl methyl sites for hydroxylation is 1. The van der Waals surface area contributed by atoms with E-state index in [4.69, 9.17) is 0 Å². The van der Waals surface area contributed by atoms with Crippen molar-refractivity contribution in [3.05, 3.63) is 29.8 Å². The van der Waals surface area contributed by atoms with Gasteiger partial charge in [-0.05, 0) is 24.1 Å². The smallest absolute Gasteiger partial charge is 0.244 e. The summed E-state index contributed by atoms with van der Waals surface area (Å²) in [5, 5.41) is 0.565. The summed E-state index contributed by atoms with van der Waals surface area (Å²) in [4.78, 5) is 17.4. The third kappa shape index (κ3) is 2.92. The van der Waals surface area contributed by atoms with E-state index in [0.717, 1.165) is 12.1 Å². The number of thioether (sulfide) groups is 1. The van der Waals surface area contributed by atoms with Crippen LogP contribution in [0.25, 0.3) is 0 Å². The fourth-order valence-electron chi connectivity index (χ4n) is 2.89. The van der Waals surface area contributed by atoms with Crippen LogP contribution in [0.2, 0.25) is 0 Å². The zero-order valence-electron chi connectivity index (χ0n) is 12.5. The lowest BCUT2D eigenvalue weighted by molar-refractivity contribution is -0.115. The van der Waals surface area contributed by atoms with Crippen LogP contribution in [0.4, 0.5) is 5.69 Å². The van der Waals surface area contributed by atoms with Crippen LogP contribution in [0.1, 0.15) is 19.4 Å². The maximum absolute atomic E-state index is 11.9. The molecule has 0 radical (unpaired) electrons. The molecule has 0 aliphatic carbocycles. The normalized spacial score (nSPS) is 28.1. The second-order valence-corrected chi connectivity index (χ2v) is 8.96. The van der Waals surface area contributed by atoms with Crippen LogP contribution in [0.15, 0.2) is 29.3 Å². The Bertz CT molecular complexity index is 726. The first-order chi connectivity index (χ1) is 10.4. The van der Waals surface area contributed by atoms with Crippen molar-refractivity contribution in [1.29, 1.82) is 0 Å². The van der Waals surface area contributed by atoms with E-state index >= 15 is 0 Å². The zero-order chi connectivity index (χ0) is 15.9. The minimum Gasteiger partial charge on any atom is -0.316 e. The van der Waals surface area contributed by atoms with Crippen LogP contribution < -0.4 is 4.90 Å². The van der Waals surface area contributed by atoms with Gasteiger partial charge >= 0.3 is 0 Å². The van der Waals surface area contributed by atoms with Crippen molar-refractivity contribution < 1.29 is 13.2 Å². The first kappa shape index (κ1) is 15.6. The monoisotopic (exact) mass is 338 g/mol. The SMILES string of the molecule is CCc1ccc(N2C(=NC(C)=O)S[C@@H]3CS(=O)(=O)C[C@@H]32)cc1. The first-order valence-corrected chi connectivity index (χ1v) is 9.94. The number of carbonyl (C=O) groups excluding carboxylic acids is 1. The molecule has 0 aromatic heterocycles. The molecule has 7 heteroatoms. The largest absolute Gasteiger partial charge is 0.316 e. The van der Waals surface area contributed by atoms with E-state index in [2.05, 4.69) is 11.9 Å². The number of benzene rings is 1. The van der Waals surface area contributed by atoms with Crippen molar-refractivity contribution in [3.8, 4) is 0 Å². The second kappa shape index (κ2) is 5.70. The van der Waals surface area contributed by atoms with Crippen molar-refractivity contribution in [1.82, 2.24) is 0 Å². The van der Waals surface area contributed by atoms with E-state index in [0.29, 0.717) is 5.17 Å². The number of amides is 1. The van der Waals surface area contributed by atoms with Crippen LogP contribution in [0.3, 0.4) is 0 Å². The van der Waals surface area contributed by atoms with E-state index < -0.39 is 9.84 Å². The summed E-state index contributed by atoms with van der Waals surface area (Å²) in [7, 11) is -3.01. The lowest BCUT2D eigenvalue weighted by Crippen LogP contribution is -2.37. The van der Waals surface area contributed by atoms with Crippen molar-refractivity contribution in [3.63, 3.8) is 0 Å². The van der Waals surface area contributed by atoms with Crippen LogP contribution in [-0.2, 0) is 21.1 Å². The molecule has 2 fully saturated rings. The van der Waals surface area contributed by atoms with Crippen molar-refractivity contribution in [2.24, 2.45) is 4.99 Å². The number of amidine groups is 1. The van der Waals surface area contributed by atoms with E-state index in [1.807, 2.05) is 29.2 Å². The Morgan fingerprint density at radius 3 is 2.59 bits per heavy atom. The molecule has 5 nitrogen and oxygen atoms in total. The van der Waals surface area contributed by atoms with Crippen molar-refractivity contribution in [2.45, 2.75) is 31.6 Å². The van der Waals surface area contributed by atoms with Gasteiger partial charge in [0.25, 0.3) is 0 Å². The zero-order valence-corrected chi connectivity index (χ0v) is 14.2. The van der Waals surface area contributed by atoms with Crippen LogP contribution in [0.5, 0.6) is 0 Å². The Morgan fingerprint density at radius 2 is 2.00 bits per heavy atom. The molecule has 3 rings (SSSR count). The highest BCUT2D eigenvalue weighted by molar-refractivity contribution is 8.16. The van der Waals surface area contributed by atoms with E-state index in [9.17, 15) is 13.2 Å². The number of hydrogen-bond acceptors (Lipinski definition) is 4. The summed E-state index contributed by atoms with van der Waals surface area (Å²) in [6, 6.07) is 7.87. The molecule has 0 spiro atoms. The first-order valence-electron chi connectivity index (χ1n) is 7.24. The van der Waals surface area contributed by atoms with Gasteiger partial charge in [0, 0.05) is 17.9 Å². The lowest BCUT2D eigenvalue weighted by atomic mass is 10.1. The Hall–Kier alpha value is -1.34. The highest BCUT2D eigenvalue weighted by Crippen LogP contribution is 2.40. The van der Waals surface area contributed by atoms with Gasteiger partial charge < -0.3 is 4.90 Å². The number of anilines is 1. The third-order valence-electron chi connectivity index (χ3n) is 3.94. The molecule has 0 saturated carbocycles. The van der Waals surface area contributed by atoms with Gasteiger partial charge in [-0.15, -0.1) is 0 Å². The molecule has 2 heterocycles. The predicted molar refractivity (Wildman–Crippen MR) is 90.2 cm³/mol. The van der Waals surface area contributed by atoms with Crippen LogP contribution >= 0.6 is 11.8 Å². The van der Waals surface area contributed by atoms with Gasteiger partial charge in [-0.1, -0.05) is 30.8 Å². The summed E-state index contributed by atoms with van der Waals surface area (Å²) in [5.74, 6) is 0.0143. The number of fused-ring (bicyclic) bond motifs is 1. The number of aliphatic imine (C=N–C) groups is 1. The lowest BCUT2D eigenvalue weighted by Gasteiger charge is -2.24. The molecule has 1 aromatic rings. The molecular formula is C15H18N2O3S2. The summed E-state index contributed by atoms with van der Waals surface area (Å²) in [6.45, 7) is 3.50. The van der Waals surface area contributed by atoms with Crippen LogP contribution in [-0.4, -0.2) is 42.3 Å². The second-order valence-electron chi connectivity index (χ2n) is 5.60. The molecule has 0 N–H and O–H groups in total. The number of carbonyl (C=O) groups is 1. The van der Waals surface area contributed by atoms with E-state index in [1.165, 1.54) is 24.2 Å². The predicted octanol–water partition coefficient (Wildman–Crippen LogP) is 1.87. The van der Waals surface area contributed by atoms with Crippen molar-refractivity contribution in [2.75, 3.05) is 16.4 Å². The summed E-state index contributed by atoms with van der Waals surface area (Å²) in [5.41, 5.74) is 2.12. The standard InChI is InChI=1S/C15H18N2O3S2/c1-3-11-4-6-12(7-5-11)17-13-8-22(19,20)9-14(13)21-15(17)16-10(2)18/h4-7,13-14H,3,8-9H2,1-2H3/t13-,14+/m0/s1. The fraction of sp³-hybridized carbons (Fsp3) is 0.467. The van der Waals surface area contributed by atoms with Gasteiger partial charge in [0.15, 0.2) is 15.0 Å². The molecule has 1 aromatic carbocycles. The molecule has 2 saturated heterocycles. The van der Waals surface area contributed by atoms with Gasteiger partial charge in [-0.25, -0.2) is 8.42 Å². The van der Waals surface area contributed by atoms with Gasteiger partial charge in [0.2, 0.25) is 5.91 Å². The minimum absolute atomic E-state index is 0.0473. The Labute approximate surface area is 134 Å². The average molecular weight is 338 g/mol. The highest BCUT2D eigenvalue weighted by atomic mass is 32.2. The topological polar surface area (TPSA) is 66.8 Å².